The summed E-state index contributed by atoms with van der Waals surface area (Å²) in [5.41, 5.74) is 1.56. The third-order valence-corrected chi connectivity index (χ3v) is 16.5. The Hall–Kier alpha value is -5.98. The lowest BCUT2D eigenvalue weighted by Crippen LogP contribution is -2.25. The number of rotatable bonds is 10. The van der Waals surface area contributed by atoms with Gasteiger partial charge in [0.15, 0.2) is 11.5 Å². The fourth-order valence-electron chi connectivity index (χ4n) is 6.80. The Morgan fingerprint density at radius 3 is 0.698 bits per heavy atom. The van der Waals surface area contributed by atoms with E-state index >= 15 is 0 Å². The van der Waals surface area contributed by atoms with Gasteiger partial charge in [-0.15, -0.1) is 0 Å². The molecule has 0 radical (unpaired) electrons. The van der Waals surface area contributed by atoms with Crippen LogP contribution in [0.5, 0.6) is 11.5 Å². The molecule has 0 aromatic heterocycles. The van der Waals surface area contributed by atoms with Gasteiger partial charge in [-0.05, 0) is 24.3 Å². The van der Waals surface area contributed by atoms with E-state index in [0.29, 0.717) is 11.5 Å². The van der Waals surface area contributed by atoms with Crippen LogP contribution in [0.25, 0.3) is 0 Å². The molecule has 0 atom stereocenters. The van der Waals surface area contributed by atoms with Crippen LogP contribution in [0.4, 0.5) is 11.4 Å². The molecule has 0 unspecified atom stereocenters. The molecule has 0 fully saturated rings. The number of benzene rings is 8. The van der Waals surface area contributed by atoms with E-state index in [1.165, 1.54) is 31.8 Å². The molecule has 0 heterocycles. The second kappa shape index (κ2) is 15.7. The molecule has 5 heteroatoms. The highest BCUT2D eigenvalue weighted by Gasteiger charge is 2.30. The van der Waals surface area contributed by atoms with E-state index in [4.69, 9.17) is 14.2 Å². The van der Waals surface area contributed by atoms with E-state index in [1.54, 1.807) is 0 Å². The Bertz CT molecular complexity index is 2140. The van der Waals surface area contributed by atoms with Gasteiger partial charge in [-0.25, -0.2) is 9.49 Å². The zero-order chi connectivity index (χ0) is 35.8. The Labute approximate surface area is 312 Å². The zero-order valence-electron chi connectivity index (χ0n) is 29.1. The third kappa shape index (κ3) is 6.86. The van der Waals surface area contributed by atoms with Crippen molar-refractivity contribution in [1.29, 1.82) is 0 Å². The van der Waals surface area contributed by atoms with Crippen LogP contribution in [0.15, 0.2) is 240 Å². The summed E-state index contributed by atoms with van der Waals surface area (Å²) in [4.78, 5) is 0. The van der Waals surface area contributed by atoms with Gasteiger partial charge < -0.3 is 4.74 Å². The lowest BCUT2D eigenvalue weighted by atomic mass is 10.3. The van der Waals surface area contributed by atoms with Crippen LogP contribution in [0.3, 0.4) is 0 Å². The molecule has 0 aliphatic heterocycles. The van der Waals surface area contributed by atoms with Gasteiger partial charge in [0, 0.05) is 31.8 Å². The van der Waals surface area contributed by atoms with Gasteiger partial charge in [-0.2, -0.15) is 0 Å². The summed E-state index contributed by atoms with van der Waals surface area (Å²) in [6, 6.07) is 80.3. The van der Waals surface area contributed by atoms with E-state index in [2.05, 4.69) is 194 Å². The highest BCUT2D eigenvalue weighted by molar-refractivity contribution is 7.88. The Kier molecular flexibility index (Phi) is 10.1. The van der Waals surface area contributed by atoms with Gasteiger partial charge >= 0.3 is 0 Å². The van der Waals surface area contributed by atoms with Crippen molar-refractivity contribution >= 4 is 57.3 Å². The fourth-order valence-corrected chi connectivity index (χ4v) is 13.9. The number of hydrogen-bond acceptors (Lipinski definition) is 3. The van der Waals surface area contributed by atoms with Crippen LogP contribution in [0, 0.1) is 0 Å². The minimum atomic E-state index is -2.55. The molecular formula is C48H38N2OP2. The average Bonchev–Trinajstić information content (AvgIpc) is 3.25. The van der Waals surface area contributed by atoms with Gasteiger partial charge in [0.05, 0.1) is 14.1 Å². The SMILES string of the molecule is c1ccc(P(=Nc2ccccc2Oc2ccccc2N=P(c2ccccc2)(c2ccccc2)c2ccccc2)(c2ccccc2)c2ccccc2)cc1. The maximum Gasteiger partial charge on any atom is 0.153 e. The second-order valence-electron chi connectivity index (χ2n) is 12.5. The van der Waals surface area contributed by atoms with Crippen molar-refractivity contribution in [3.05, 3.63) is 231 Å². The number of ether oxygens (including phenoxy) is 1. The van der Waals surface area contributed by atoms with Crippen LogP contribution in [-0.4, -0.2) is 0 Å². The summed E-state index contributed by atoms with van der Waals surface area (Å²) in [6.07, 6.45) is 0. The highest BCUT2D eigenvalue weighted by Crippen LogP contribution is 2.53. The lowest BCUT2D eigenvalue weighted by molar-refractivity contribution is 0.485. The van der Waals surface area contributed by atoms with Crippen LogP contribution in [-0.2, 0) is 0 Å². The van der Waals surface area contributed by atoms with Gasteiger partial charge in [0.2, 0.25) is 0 Å². The van der Waals surface area contributed by atoms with Crippen molar-refractivity contribution in [2.75, 3.05) is 0 Å². The molecule has 256 valence electrons. The largest absolute Gasteiger partial charge is 0.453 e. The van der Waals surface area contributed by atoms with Crippen LogP contribution < -0.4 is 36.6 Å². The van der Waals surface area contributed by atoms with Crippen LogP contribution in [0.1, 0.15) is 0 Å². The van der Waals surface area contributed by atoms with Crippen molar-refractivity contribution in [2.45, 2.75) is 0 Å². The van der Waals surface area contributed by atoms with Crippen molar-refractivity contribution < 1.29 is 4.74 Å². The molecule has 3 nitrogen and oxygen atoms in total. The summed E-state index contributed by atoms with van der Waals surface area (Å²) >= 11 is 0. The zero-order valence-corrected chi connectivity index (χ0v) is 30.9. The van der Waals surface area contributed by atoms with Gasteiger partial charge in [-0.3, -0.25) is 0 Å². The Morgan fingerprint density at radius 1 is 0.245 bits per heavy atom. The molecule has 0 amide bonds. The molecule has 53 heavy (non-hydrogen) atoms. The first-order valence-corrected chi connectivity index (χ1v) is 21.2. The van der Waals surface area contributed by atoms with Crippen molar-refractivity contribution in [1.82, 2.24) is 0 Å². The Balaban J connectivity index is 1.36. The molecule has 0 aliphatic carbocycles. The molecule has 8 aromatic carbocycles. The van der Waals surface area contributed by atoms with Gasteiger partial charge in [0.1, 0.15) is 11.4 Å². The van der Waals surface area contributed by atoms with E-state index in [9.17, 15) is 0 Å². The first-order chi connectivity index (χ1) is 26.3. The van der Waals surface area contributed by atoms with Gasteiger partial charge in [-0.1, -0.05) is 206 Å². The number of para-hydroxylation sites is 2. The van der Waals surface area contributed by atoms with Crippen molar-refractivity contribution in [2.24, 2.45) is 9.49 Å². The summed E-state index contributed by atoms with van der Waals surface area (Å²) in [5.74, 6) is 1.34. The summed E-state index contributed by atoms with van der Waals surface area (Å²) in [7, 11) is -5.09. The summed E-state index contributed by atoms with van der Waals surface area (Å²) in [6.45, 7) is 0. The fraction of sp³-hybridized carbons (Fsp3) is 0. The second-order valence-corrected chi connectivity index (χ2v) is 18.6. The monoisotopic (exact) mass is 720 g/mol. The molecule has 0 bridgehead atoms. The van der Waals surface area contributed by atoms with E-state index in [-0.39, 0.29) is 0 Å². The van der Waals surface area contributed by atoms with E-state index in [0.717, 1.165) is 11.4 Å². The van der Waals surface area contributed by atoms with Crippen LogP contribution >= 0.6 is 14.1 Å². The minimum absolute atomic E-state index is 0.672. The standard InChI is InChI=1S/C48H38N2OP2/c1-7-23-39(24-8-1)52(40-25-9-2-10-26-40,41-27-11-3-12-28-41)49-45-35-19-21-37-47(45)51-48-38-22-20-36-46(48)50-53(42-29-13-4-14-30-42,43-31-15-5-16-32-43)44-33-17-6-18-34-44/h1-38H. The average molecular weight is 721 g/mol. The predicted molar refractivity (Wildman–Crippen MR) is 227 cm³/mol. The molecule has 0 aliphatic rings. The minimum Gasteiger partial charge on any atom is -0.453 e. The predicted octanol–water partition coefficient (Wildman–Crippen LogP) is 11.1. The smallest absolute Gasteiger partial charge is 0.153 e. The quantitative estimate of drug-likeness (QED) is 0.130. The lowest BCUT2D eigenvalue weighted by Gasteiger charge is -2.28. The highest BCUT2D eigenvalue weighted by atomic mass is 31.2. The maximum atomic E-state index is 7.00. The summed E-state index contributed by atoms with van der Waals surface area (Å²) < 4.78 is 18.6. The summed E-state index contributed by atoms with van der Waals surface area (Å²) in [5, 5.41) is 7.03. The molecule has 0 saturated carbocycles. The molecule has 0 spiro atoms. The topological polar surface area (TPSA) is 34.0 Å². The van der Waals surface area contributed by atoms with Gasteiger partial charge in [0.25, 0.3) is 0 Å². The first kappa shape index (κ1) is 34.1. The normalized spacial score (nSPS) is 11.4. The number of nitrogens with zero attached hydrogens (tertiary/aromatic N) is 2. The Morgan fingerprint density at radius 2 is 0.453 bits per heavy atom. The molecule has 8 rings (SSSR count). The molecular weight excluding hydrogens is 682 g/mol. The maximum absolute atomic E-state index is 7.00. The molecule has 8 aromatic rings. The first-order valence-electron chi connectivity index (χ1n) is 17.7. The van der Waals surface area contributed by atoms with E-state index in [1.807, 2.05) is 36.4 Å². The van der Waals surface area contributed by atoms with Crippen molar-refractivity contribution in [3.8, 4) is 11.5 Å². The van der Waals surface area contributed by atoms with Crippen LogP contribution in [0.2, 0.25) is 0 Å². The molecule has 0 N–H and O–H groups in total. The van der Waals surface area contributed by atoms with E-state index < -0.39 is 14.1 Å². The molecule has 0 saturated heterocycles. The number of hydrogen-bond donors (Lipinski definition) is 0. The van der Waals surface area contributed by atoms with Crippen molar-refractivity contribution in [3.63, 3.8) is 0 Å². The third-order valence-electron chi connectivity index (χ3n) is 9.25.